The largest absolute Gasteiger partial charge is 0.480 e. The molecule has 0 saturated heterocycles. The number of aliphatic hydroxyl groups is 1. The Morgan fingerprint density at radius 3 is 2.06 bits per heavy atom. The van der Waals surface area contributed by atoms with Crippen molar-refractivity contribution in [3.05, 3.63) is 59.7 Å². The fourth-order valence-corrected chi connectivity index (χ4v) is 3.59. The van der Waals surface area contributed by atoms with E-state index in [0.29, 0.717) is 0 Å². The summed E-state index contributed by atoms with van der Waals surface area (Å²) in [6, 6.07) is 13.1. The Balaban J connectivity index is 1.64. The molecule has 0 heterocycles. The number of aliphatic hydroxyl groups excluding tert-OH is 1. The summed E-state index contributed by atoms with van der Waals surface area (Å²) in [5, 5.41) is 22.6. The highest BCUT2D eigenvalue weighted by Crippen LogP contribution is 2.44. The summed E-state index contributed by atoms with van der Waals surface area (Å²) in [4.78, 5) is 35.7. The molecule has 0 spiro atoms. The number of ether oxygens (including phenoxy) is 2. The van der Waals surface area contributed by atoms with Gasteiger partial charge in [0, 0.05) is 13.0 Å². The maximum absolute atomic E-state index is 12.4. The minimum atomic E-state index is -1.49. The molecule has 0 bridgehead atoms. The van der Waals surface area contributed by atoms with Crippen molar-refractivity contribution in [2.24, 2.45) is 0 Å². The van der Waals surface area contributed by atoms with Crippen LogP contribution in [0.15, 0.2) is 48.5 Å². The van der Waals surface area contributed by atoms with Crippen molar-refractivity contribution in [2.45, 2.75) is 18.0 Å². The van der Waals surface area contributed by atoms with Gasteiger partial charge in [0.2, 0.25) is 5.91 Å². The Bertz CT molecular complexity index is 917. The highest BCUT2D eigenvalue weighted by atomic mass is 16.5. The van der Waals surface area contributed by atoms with Gasteiger partial charge in [-0.15, -0.1) is 0 Å². The van der Waals surface area contributed by atoms with E-state index in [4.69, 9.17) is 19.7 Å². The first-order chi connectivity index (χ1) is 15.0. The molecular weight excluding hydrogens is 404 g/mol. The smallest absolute Gasteiger partial charge is 0.407 e. The fraction of sp³-hybridized carbons (Fsp3) is 0.318. The molecule has 1 aliphatic carbocycles. The number of carboxylic acid groups (broad SMARTS) is 1. The molecule has 2 aromatic carbocycles. The highest BCUT2D eigenvalue weighted by molar-refractivity contribution is 5.89. The number of hydrogen-bond donors (Lipinski definition) is 4. The number of fused-ring (bicyclic) bond motifs is 3. The average Bonchev–Trinajstić information content (AvgIpc) is 3.09. The Hall–Kier alpha value is -3.43. The number of benzene rings is 2. The van der Waals surface area contributed by atoms with Crippen molar-refractivity contribution in [1.29, 1.82) is 0 Å². The van der Waals surface area contributed by atoms with Crippen LogP contribution in [0.1, 0.15) is 17.0 Å². The van der Waals surface area contributed by atoms with Crippen LogP contribution in [0, 0.1) is 0 Å². The first kappa shape index (κ1) is 22.3. The molecule has 0 aliphatic heterocycles. The van der Waals surface area contributed by atoms with Gasteiger partial charge < -0.3 is 30.3 Å². The summed E-state index contributed by atoms with van der Waals surface area (Å²) >= 11 is 0. The van der Waals surface area contributed by atoms with Crippen LogP contribution in [0.3, 0.4) is 0 Å². The third-order valence-electron chi connectivity index (χ3n) is 5.08. The lowest BCUT2D eigenvalue weighted by atomic mass is 9.98. The standard InChI is InChI=1S/C22H24N2O7/c1-30-12-19(20(26)23-18(10-25)21(27)28)24-22(29)31-11-17-15-8-4-2-6-13(15)14-7-3-5-9-16(14)17/h2-9,17-19,25H,10-12H2,1H3,(H,23,26)(H,24,29)(H,27,28)/t18?,19-/m0/s1. The number of aliphatic carboxylic acids is 1. The summed E-state index contributed by atoms with van der Waals surface area (Å²) in [6.07, 6.45) is -0.838. The van der Waals surface area contributed by atoms with Crippen molar-refractivity contribution in [3.8, 4) is 11.1 Å². The van der Waals surface area contributed by atoms with E-state index in [9.17, 15) is 14.4 Å². The Morgan fingerprint density at radius 1 is 0.968 bits per heavy atom. The number of carbonyl (C=O) groups is 3. The predicted molar refractivity (Wildman–Crippen MR) is 111 cm³/mol. The molecule has 0 radical (unpaired) electrons. The maximum Gasteiger partial charge on any atom is 0.407 e. The second kappa shape index (κ2) is 10.1. The molecule has 1 unspecified atom stereocenters. The van der Waals surface area contributed by atoms with Gasteiger partial charge in [-0.3, -0.25) is 4.79 Å². The quantitative estimate of drug-likeness (QED) is 0.470. The van der Waals surface area contributed by atoms with Gasteiger partial charge in [-0.2, -0.15) is 0 Å². The van der Waals surface area contributed by atoms with Crippen LogP contribution in [0.2, 0.25) is 0 Å². The third-order valence-corrected chi connectivity index (χ3v) is 5.08. The number of amides is 2. The number of alkyl carbamates (subject to hydrolysis) is 1. The summed E-state index contributed by atoms with van der Waals surface area (Å²) < 4.78 is 10.3. The second-order valence-corrected chi connectivity index (χ2v) is 7.06. The number of nitrogens with one attached hydrogen (secondary N) is 2. The minimum absolute atomic E-state index is 0.0651. The molecule has 0 fully saturated rings. The van der Waals surface area contributed by atoms with Crippen molar-refractivity contribution in [3.63, 3.8) is 0 Å². The van der Waals surface area contributed by atoms with Crippen LogP contribution in [-0.4, -0.2) is 67.2 Å². The van der Waals surface area contributed by atoms with Crippen LogP contribution in [-0.2, 0) is 19.1 Å². The topological polar surface area (TPSA) is 134 Å². The summed E-state index contributed by atoms with van der Waals surface area (Å²) in [6.45, 7) is -0.922. The Labute approximate surface area is 179 Å². The zero-order valence-electron chi connectivity index (χ0n) is 16.9. The van der Waals surface area contributed by atoms with E-state index in [-0.39, 0.29) is 19.1 Å². The van der Waals surface area contributed by atoms with Gasteiger partial charge in [0.25, 0.3) is 0 Å². The molecule has 31 heavy (non-hydrogen) atoms. The van der Waals surface area contributed by atoms with Crippen molar-refractivity contribution < 1.29 is 34.1 Å². The normalized spacial score (nSPS) is 14.1. The van der Waals surface area contributed by atoms with Crippen LogP contribution < -0.4 is 10.6 Å². The Kier molecular flexibility index (Phi) is 7.22. The summed E-state index contributed by atoms with van der Waals surface area (Å²) in [5.41, 5.74) is 4.28. The zero-order chi connectivity index (χ0) is 22.4. The predicted octanol–water partition coefficient (Wildman–Crippen LogP) is 1.10. The number of carboxylic acids is 1. The van der Waals surface area contributed by atoms with E-state index in [1.807, 2.05) is 48.5 Å². The van der Waals surface area contributed by atoms with E-state index < -0.39 is 36.7 Å². The molecule has 0 saturated carbocycles. The molecule has 1 aliphatic rings. The Morgan fingerprint density at radius 2 is 1.55 bits per heavy atom. The van der Waals surface area contributed by atoms with Gasteiger partial charge in [0.15, 0.2) is 0 Å². The minimum Gasteiger partial charge on any atom is -0.480 e. The fourth-order valence-electron chi connectivity index (χ4n) is 3.59. The van der Waals surface area contributed by atoms with Crippen molar-refractivity contribution >= 4 is 18.0 Å². The lowest BCUT2D eigenvalue weighted by molar-refractivity contribution is -0.143. The SMILES string of the molecule is COC[C@H](NC(=O)OCC1c2ccccc2-c2ccccc21)C(=O)NC(CO)C(=O)O. The zero-order valence-corrected chi connectivity index (χ0v) is 16.9. The van der Waals surface area contributed by atoms with Crippen LogP contribution in [0.5, 0.6) is 0 Å². The number of carbonyl (C=O) groups excluding carboxylic acids is 2. The van der Waals surface area contributed by atoms with Gasteiger partial charge in [-0.1, -0.05) is 48.5 Å². The first-order valence-electron chi connectivity index (χ1n) is 9.70. The number of hydrogen-bond acceptors (Lipinski definition) is 6. The van der Waals surface area contributed by atoms with E-state index in [1.165, 1.54) is 7.11 Å². The maximum atomic E-state index is 12.4. The summed E-state index contributed by atoms with van der Waals surface area (Å²) in [7, 11) is 1.33. The molecule has 3 rings (SSSR count). The van der Waals surface area contributed by atoms with Crippen molar-refractivity contribution in [1.82, 2.24) is 10.6 Å². The van der Waals surface area contributed by atoms with Gasteiger partial charge in [-0.05, 0) is 22.3 Å². The van der Waals surface area contributed by atoms with Crippen LogP contribution in [0.4, 0.5) is 4.79 Å². The number of rotatable bonds is 9. The van der Waals surface area contributed by atoms with Gasteiger partial charge >= 0.3 is 12.1 Å². The molecule has 2 amide bonds. The summed E-state index contributed by atoms with van der Waals surface area (Å²) in [5.74, 6) is -2.34. The molecule has 9 heteroatoms. The van der Waals surface area contributed by atoms with Crippen LogP contribution in [0.25, 0.3) is 11.1 Å². The molecule has 0 aromatic heterocycles. The lowest BCUT2D eigenvalue weighted by Crippen LogP contribution is -2.54. The van der Waals surface area contributed by atoms with E-state index in [1.54, 1.807) is 0 Å². The van der Waals surface area contributed by atoms with Gasteiger partial charge in [0.1, 0.15) is 18.7 Å². The molecule has 4 N–H and O–H groups in total. The molecule has 164 valence electrons. The lowest BCUT2D eigenvalue weighted by Gasteiger charge is -2.20. The third kappa shape index (κ3) is 5.01. The molecular formula is C22H24N2O7. The molecule has 9 nitrogen and oxygen atoms in total. The van der Waals surface area contributed by atoms with Crippen LogP contribution >= 0.6 is 0 Å². The van der Waals surface area contributed by atoms with E-state index >= 15 is 0 Å². The first-order valence-corrected chi connectivity index (χ1v) is 9.70. The highest BCUT2D eigenvalue weighted by Gasteiger charge is 2.30. The number of methoxy groups -OCH3 is 1. The average molecular weight is 428 g/mol. The molecule has 2 atom stereocenters. The van der Waals surface area contributed by atoms with Crippen molar-refractivity contribution in [2.75, 3.05) is 26.9 Å². The monoisotopic (exact) mass is 428 g/mol. The van der Waals surface area contributed by atoms with Gasteiger partial charge in [0.05, 0.1) is 13.2 Å². The van der Waals surface area contributed by atoms with E-state index in [0.717, 1.165) is 22.3 Å². The molecule has 2 aromatic rings. The second-order valence-electron chi connectivity index (χ2n) is 7.06. The van der Waals surface area contributed by atoms with E-state index in [2.05, 4.69) is 10.6 Å². The van der Waals surface area contributed by atoms with Gasteiger partial charge in [-0.25, -0.2) is 9.59 Å².